The molecule has 0 saturated carbocycles. The highest BCUT2D eigenvalue weighted by atomic mass is 32.2. The maximum atomic E-state index is 11.9. The standard InChI is InChI=1S/C12H22N2O3S/c1-9(13-18(17)12(2,3)4)10-5-7-14(8-6-10)11(15)16/h10H,5-8H2,1-4H3,(H,15,16)/b13-9+. The summed E-state index contributed by atoms with van der Waals surface area (Å²) >= 11 is -1.23. The molecule has 1 heterocycles. The van der Waals surface area contributed by atoms with E-state index in [0.29, 0.717) is 13.1 Å². The van der Waals surface area contributed by atoms with Gasteiger partial charge in [-0.1, -0.05) is 4.40 Å². The molecule has 1 aliphatic rings. The monoisotopic (exact) mass is 274 g/mol. The van der Waals surface area contributed by atoms with E-state index in [9.17, 15) is 9.35 Å². The first-order valence-corrected chi connectivity index (χ1v) is 7.27. The summed E-state index contributed by atoms with van der Waals surface area (Å²) in [6.07, 6.45) is 0.674. The predicted molar refractivity (Wildman–Crippen MR) is 73.3 cm³/mol. The van der Waals surface area contributed by atoms with E-state index >= 15 is 0 Å². The Morgan fingerprint density at radius 3 is 2.28 bits per heavy atom. The second-order valence-electron chi connectivity index (χ2n) is 5.64. The van der Waals surface area contributed by atoms with Gasteiger partial charge in [-0.3, -0.25) is 0 Å². The Morgan fingerprint density at radius 1 is 1.39 bits per heavy atom. The van der Waals surface area contributed by atoms with Crippen LogP contribution in [0.1, 0.15) is 40.5 Å². The topological polar surface area (TPSA) is 76.0 Å². The van der Waals surface area contributed by atoms with Gasteiger partial charge < -0.3 is 14.6 Å². The molecule has 1 fully saturated rings. The average Bonchev–Trinajstić information content (AvgIpc) is 2.27. The number of likely N-dealkylation sites (tertiary alicyclic amines) is 1. The van der Waals surface area contributed by atoms with E-state index in [1.165, 1.54) is 4.90 Å². The van der Waals surface area contributed by atoms with Gasteiger partial charge in [-0.15, -0.1) is 0 Å². The van der Waals surface area contributed by atoms with E-state index in [2.05, 4.69) is 4.40 Å². The number of piperidine rings is 1. The van der Waals surface area contributed by atoms with Crippen molar-refractivity contribution in [2.24, 2.45) is 10.3 Å². The molecule has 1 aliphatic heterocycles. The molecule has 0 spiro atoms. The summed E-state index contributed by atoms with van der Waals surface area (Å²) in [5, 5.41) is 8.86. The van der Waals surface area contributed by atoms with E-state index in [1.54, 1.807) is 0 Å². The maximum absolute atomic E-state index is 11.9. The minimum atomic E-state index is -1.23. The summed E-state index contributed by atoms with van der Waals surface area (Å²) in [7, 11) is 0. The van der Waals surface area contributed by atoms with Crippen LogP contribution in [0.5, 0.6) is 0 Å². The van der Waals surface area contributed by atoms with Crippen LogP contribution in [0, 0.1) is 5.92 Å². The number of nitrogens with zero attached hydrogens (tertiary/aromatic N) is 2. The zero-order chi connectivity index (χ0) is 13.9. The molecule has 0 bridgehead atoms. The number of hydrogen-bond acceptors (Lipinski definition) is 3. The summed E-state index contributed by atoms with van der Waals surface area (Å²) < 4.78 is 15.8. The third-order valence-corrected chi connectivity index (χ3v) is 4.61. The number of carboxylic acid groups (broad SMARTS) is 1. The van der Waals surface area contributed by atoms with E-state index in [-0.39, 0.29) is 10.7 Å². The Hall–Kier alpha value is -0.750. The normalized spacial score (nSPS) is 20.9. The van der Waals surface area contributed by atoms with Crippen molar-refractivity contribution in [1.29, 1.82) is 0 Å². The van der Waals surface area contributed by atoms with Crippen molar-refractivity contribution in [3.05, 3.63) is 0 Å². The van der Waals surface area contributed by atoms with Crippen molar-refractivity contribution in [3.8, 4) is 0 Å². The minimum absolute atomic E-state index is 0.256. The van der Waals surface area contributed by atoms with Crippen molar-refractivity contribution in [2.45, 2.75) is 45.3 Å². The Balaban J connectivity index is 2.57. The molecule has 0 aromatic rings. The third-order valence-electron chi connectivity index (χ3n) is 3.11. The lowest BCUT2D eigenvalue weighted by Gasteiger charge is -2.30. The molecule has 1 amide bonds. The fraction of sp³-hybridized carbons (Fsp3) is 0.833. The molecule has 1 rings (SSSR count). The molecule has 5 nitrogen and oxygen atoms in total. The van der Waals surface area contributed by atoms with Gasteiger partial charge >= 0.3 is 6.09 Å². The number of carbonyl (C=O) groups is 1. The molecule has 0 radical (unpaired) electrons. The van der Waals surface area contributed by atoms with Gasteiger partial charge in [0.2, 0.25) is 0 Å². The predicted octanol–water partition coefficient (Wildman–Crippen LogP) is 2.30. The molecule has 0 aliphatic carbocycles. The molecular weight excluding hydrogens is 252 g/mol. The van der Waals surface area contributed by atoms with Crippen LogP contribution in [0.25, 0.3) is 0 Å². The van der Waals surface area contributed by atoms with Crippen LogP contribution in [0.4, 0.5) is 4.79 Å². The second kappa shape index (κ2) is 5.93. The van der Waals surface area contributed by atoms with Gasteiger partial charge in [0.05, 0.1) is 5.71 Å². The summed E-state index contributed by atoms with van der Waals surface area (Å²) in [5.41, 5.74) is 0.883. The Kier molecular flexibility index (Phi) is 5.04. The zero-order valence-corrected chi connectivity index (χ0v) is 12.3. The van der Waals surface area contributed by atoms with Crippen LogP contribution >= 0.6 is 0 Å². The lowest BCUT2D eigenvalue weighted by molar-refractivity contribution is 0.131. The van der Waals surface area contributed by atoms with Crippen molar-refractivity contribution in [3.63, 3.8) is 0 Å². The summed E-state index contributed by atoms with van der Waals surface area (Å²) in [4.78, 5) is 12.2. The Morgan fingerprint density at radius 2 is 1.89 bits per heavy atom. The first-order chi connectivity index (χ1) is 8.21. The van der Waals surface area contributed by atoms with Crippen LogP contribution in [-0.4, -0.2) is 44.2 Å². The fourth-order valence-electron chi connectivity index (χ4n) is 1.83. The number of amides is 1. The van der Waals surface area contributed by atoms with Crippen molar-refractivity contribution in [2.75, 3.05) is 13.1 Å². The lowest BCUT2D eigenvalue weighted by atomic mass is 9.93. The highest BCUT2D eigenvalue weighted by Crippen LogP contribution is 2.22. The number of rotatable bonds is 2. The Bertz CT molecular complexity index is 331. The maximum Gasteiger partial charge on any atom is 0.407 e. The van der Waals surface area contributed by atoms with Gasteiger partial charge in [0, 0.05) is 19.0 Å². The third kappa shape index (κ3) is 4.17. The highest BCUT2D eigenvalue weighted by molar-refractivity contribution is 7.91. The average molecular weight is 274 g/mol. The molecule has 1 saturated heterocycles. The van der Waals surface area contributed by atoms with E-state index < -0.39 is 17.5 Å². The zero-order valence-electron chi connectivity index (χ0n) is 11.5. The molecule has 1 unspecified atom stereocenters. The van der Waals surface area contributed by atoms with Gasteiger partial charge in [-0.05, 0) is 40.5 Å². The van der Waals surface area contributed by atoms with Gasteiger partial charge in [0.1, 0.15) is 16.1 Å². The molecule has 104 valence electrons. The molecule has 1 atom stereocenters. The largest absolute Gasteiger partial charge is 0.591 e. The van der Waals surface area contributed by atoms with Crippen molar-refractivity contribution >= 4 is 23.2 Å². The van der Waals surface area contributed by atoms with Gasteiger partial charge in [0.15, 0.2) is 0 Å². The van der Waals surface area contributed by atoms with Crippen LogP contribution < -0.4 is 0 Å². The minimum Gasteiger partial charge on any atom is -0.591 e. The SMILES string of the molecule is C/C(=N\[S+]([O-])C(C)(C)C)C1CCN(C(=O)O)CC1. The van der Waals surface area contributed by atoms with Crippen LogP contribution in [-0.2, 0) is 11.4 Å². The lowest BCUT2D eigenvalue weighted by Crippen LogP contribution is -2.39. The molecule has 6 heteroatoms. The molecular formula is C12H22N2O3S. The van der Waals surface area contributed by atoms with E-state index in [4.69, 9.17) is 5.11 Å². The first kappa shape index (κ1) is 15.3. The van der Waals surface area contributed by atoms with Gasteiger partial charge in [-0.25, -0.2) is 4.79 Å². The summed E-state index contributed by atoms with van der Waals surface area (Å²) in [6, 6.07) is 0. The van der Waals surface area contributed by atoms with Crippen LogP contribution in [0.15, 0.2) is 4.40 Å². The Labute approximate surface area is 112 Å². The van der Waals surface area contributed by atoms with Gasteiger partial charge in [0.25, 0.3) is 0 Å². The summed E-state index contributed by atoms with van der Waals surface area (Å²) in [6.45, 7) is 8.65. The van der Waals surface area contributed by atoms with Crippen LogP contribution in [0.2, 0.25) is 0 Å². The van der Waals surface area contributed by atoms with Crippen molar-refractivity contribution < 1.29 is 14.5 Å². The second-order valence-corrected chi connectivity index (χ2v) is 7.54. The fourth-order valence-corrected chi connectivity index (χ4v) is 2.52. The van der Waals surface area contributed by atoms with E-state index in [0.717, 1.165) is 18.6 Å². The van der Waals surface area contributed by atoms with Crippen molar-refractivity contribution in [1.82, 2.24) is 4.90 Å². The summed E-state index contributed by atoms with van der Waals surface area (Å²) in [5.74, 6) is 0.256. The van der Waals surface area contributed by atoms with Gasteiger partial charge in [-0.2, -0.15) is 0 Å². The quantitative estimate of drug-likeness (QED) is 0.620. The molecule has 0 aromatic heterocycles. The molecule has 18 heavy (non-hydrogen) atoms. The first-order valence-electron chi connectivity index (χ1n) is 6.17. The molecule has 0 aromatic carbocycles. The van der Waals surface area contributed by atoms with E-state index in [1.807, 2.05) is 27.7 Å². The molecule has 1 N–H and O–H groups in total. The van der Waals surface area contributed by atoms with Crippen LogP contribution in [0.3, 0.4) is 0 Å². The number of hydrogen-bond donors (Lipinski definition) is 1. The smallest absolute Gasteiger partial charge is 0.407 e. The highest BCUT2D eigenvalue weighted by Gasteiger charge is 2.29.